The monoisotopic (exact) mass is 624 g/mol. The molecule has 0 fully saturated rings. The number of hydrogen-bond acceptors (Lipinski definition) is 3. The van der Waals surface area contributed by atoms with Crippen molar-refractivity contribution >= 4 is 92.7 Å². The Bertz CT molecular complexity index is 3330. The summed E-state index contributed by atoms with van der Waals surface area (Å²) in [6.07, 6.45) is 0. The number of para-hydroxylation sites is 3. The van der Waals surface area contributed by atoms with Gasteiger partial charge in [0.15, 0.2) is 17.2 Å². The molecule has 49 heavy (non-hydrogen) atoms. The third-order valence-electron chi connectivity index (χ3n) is 10.4. The van der Waals surface area contributed by atoms with Gasteiger partial charge in [0.1, 0.15) is 11.1 Å². The molecule has 0 amide bonds. The number of fused-ring (bicyclic) bond motifs is 15. The predicted octanol–water partition coefficient (Wildman–Crippen LogP) is 11.4. The molecule has 5 nitrogen and oxygen atoms in total. The lowest BCUT2D eigenvalue weighted by Crippen LogP contribution is -2.02. The first-order valence-electron chi connectivity index (χ1n) is 16.6. The second-order valence-corrected chi connectivity index (χ2v) is 12.9. The van der Waals surface area contributed by atoms with Crippen molar-refractivity contribution in [1.82, 2.24) is 18.9 Å². The van der Waals surface area contributed by atoms with Gasteiger partial charge in [0.2, 0.25) is 0 Å². The molecule has 5 heteroatoms. The summed E-state index contributed by atoms with van der Waals surface area (Å²) in [6.45, 7) is 0. The van der Waals surface area contributed by atoms with E-state index in [1.54, 1.807) is 0 Å². The zero-order valence-electron chi connectivity index (χ0n) is 26.1. The molecule has 7 aromatic carbocycles. The molecule has 0 atom stereocenters. The lowest BCUT2D eigenvalue weighted by Gasteiger charge is -2.11. The van der Waals surface area contributed by atoms with Crippen molar-refractivity contribution in [3.63, 3.8) is 0 Å². The summed E-state index contributed by atoms with van der Waals surface area (Å²) in [6, 6.07) is 51.5. The Balaban J connectivity index is 1.39. The summed E-state index contributed by atoms with van der Waals surface area (Å²) < 4.78 is 11.5. The van der Waals surface area contributed by atoms with E-state index < -0.39 is 0 Å². The molecule has 0 radical (unpaired) electrons. The molecule has 0 aliphatic rings. The minimum atomic E-state index is 0.664. The molecule has 5 aromatic heterocycles. The Kier molecular flexibility index (Phi) is 4.66. The highest BCUT2D eigenvalue weighted by atomic mass is 16.3. The maximum Gasteiger partial charge on any atom is 0.197 e. The van der Waals surface area contributed by atoms with Crippen molar-refractivity contribution in [2.75, 3.05) is 0 Å². The first kappa shape index (κ1) is 25.4. The van der Waals surface area contributed by atoms with Crippen molar-refractivity contribution in [2.45, 2.75) is 0 Å². The van der Waals surface area contributed by atoms with E-state index in [1.807, 2.05) is 36.4 Å². The average Bonchev–Trinajstić information content (AvgIpc) is 3.90. The van der Waals surface area contributed by atoms with E-state index in [2.05, 4.69) is 118 Å². The first-order chi connectivity index (χ1) is 24.3. The van der Waals surface area contributed by atoms with Crippen LogP contribution in [0.2, 0.25) is 0 Å². The van der Waals surface area contributed by atoms with Crippen LogP contribution < -0.4 is 0 Å². The summed E-state index contributed by atoms with van der Waals surface area (Å²) in [5, 5.41) is 10.7. The van der Waals surface area contributed by atoms with Crippen molar-refractivity contribution in [3.05, 3.63) is 146 Å². The molecule has 0 N–H and O–H groups in total. The van der Waals surface area contributed by atoms with Gasteiger partial charge < -0.3 is 8.82 Å². The average molecular weight is 625 g/mol. The molecular weight excluding hydrogens is 601 g/mol. The number of rotatable bonds is 2. The Hall–Kier alpha value is -6.72. The Labute approximate surface area is 278 Å². The molecule has 12 rings (SSSR count). The summed E-state index contributed by atoms with van der Waals surface area (Å²) in [7, 11) is 0. The zero-order valence-corrected chi connectivity index (χ0v) is 26.1. The molecular formula is C44H24N4O. The lowest BCUT2D eigenvalue weighted by molar-refractivity contribution is 0.662. The van der Waals surface area contributed by atoms with E-state index in [0.29, 0.717) is 11.4 Å². The standard InChI is InChI=1S/C44H24N4O/c1-2-13-26(14-3-1)43-45-39-30-18-8-11-21-36(30)49-42(39)44(46-43)48-35-24-32-28-16-6-9-19-33(28)47-34-20-10-7-17-29(34)38(41(32)47)37(35)31-23-22-25-12-4-5-15-27(25)40(31)48/h1-24H. The number of benzene rings is 7. The first-order valence-corrected chi connectivity index (χ1v) is 16.6. The quantitative estimate of drug-likeness (QED) is 0.192. The lowest BCUT2D eigenvalue weighted by atomic mass is 10.0. The number of aromatic nitrogens is 4. The molecule has 0 aliphatic carbocycles. The van der Waals surface area contributed by atoms with Crippen LogP contribution in [0, 0.1) is 0 Å². The van der Waals surface area contributed by atoms with Crippen LogP contribution in [-0.4, -0.2) is 18.9 Å². The van der Waals surface area contributed by atoms with Gasteiger partial charge in [0.25, 0.3) is 0 Å². The molecule has 0 saturated heterocycles. The van der Waals surface area contributed by atoms with Gasteiger partial charge in [-0.15, -0.1) is 0 Å². The van der Waals surface area contributed by atoms with Crippen LogP contribution in [0.15, 0.2) is 150 Å². The van der Waals surface area contributed by atoms with Gasteiger partial charge in [0, 0.05) is 48.7 Å². The highest BCUT2D eigenvalue weighted by molar-refractivity contribution is 6.37. The van der Waals surface area contributed by atoms with Crippen molar-refractivity contribution in [1.29, 1.82) is 0 Å². The Morgan fingerprint density at radius 2 is 1.16 bits per heavy atom. The second kappa shape index (κ2) is 9.00. The third kappa shape index (κ3) is 3.15. The van der Waals surface area contributed by atoms with E-state index in [-0.39, 0.29) is 0 Å². The van der Waals surface area contributed by atoms with Crippen LogP contribution in [0.4, 0.5) is 0 Å². The summed E-state index contributed by atoms with van der Waals surface area (Å²) >= 11 is 0. The van der Waals surface area contributed by atoms with Crippen LogP contribution in [0.1, 0.15) is 0 Å². The maximum absolute atomic E-state index is 6.72. The minimum Gasteiger partial charge on any atom is -0.450 e. The highest BCUT2D eigenvalue weighted by Crippen LogP contribution is 2.48. The van der Waals surface area contributed by atoms with Gasteiger partial charge in [-0.05, 0) is 35.7 Å². The molecule has 0 spiro atoms. The molecule has 0 bridgehead atoms. The normalized spacial score (nSPS) is 12.5. The topological polar surface area (TPSA) is 48.3 Å². The van der Waals surface area contributed by atoms with Gasteiger partial charge in [-0.1, -0.05) is 115 Å². The fourth-order valence-electron chi connectivity index (χ4n) is 8.44. The van der Waals surface area contributed by atoms with E-state index in [0.717, 1.165) is 44.3 Å². The van der Waals surface area contributed by atoms with Crippen LogP contribution in [0.5, 0.6) is 0 Å². The summed E-state index contributed by atoms with van der Waals surface area (Å²) in [5.74, 6) is 1.40. The Morgan fingerprint density at radius 3 is 2.02 bits per heavy atom. The number of hydrogen-bond donors (Lipinski definition) is 0. The zero-order chi connectivity index (χ0) is 31.8. The van der Waals surface area contributed by atoms with Crippen LogP contribution in [0.25, 0.3) is 110 Å². The van der Waals surface area contributed by atoms with Gasteiger partial charge >= 0.3 is 0 Å². The van der Waals surface area contributed by atoms with E-state index >= 15 is 0 Å². The van der Waals surface area contributed by atoms with Gasteiger partial charge in [-0.25, -0.2) is 9.97 Å². The molecule has 226 valence electrons. The van der Waals surface area contributed by atoms with Gasteiger partial charge in [-0.3, -0.25) is 4.57 Å². The molecule has 12 aromatic rings. The van der Waals surface area contributed by atoms with E-state index in [1.165, 1.54) is 54.3 Å². The molecule has 0 aliphatic heterocycles. The van der Waals surface area contributed by atoms with Gasteiger partial charge in [0.05, 0.1) is 27.6 Å². The predicted molar refractivity (Wildman–Crippen MR) is 201 cm³/mol. The van der Waals surface area contributed by atoms with Crippen LogP contribution in [0.3, 0.4) is 0 Å². The molecule has 5 heterocycles. The van der Waals surface area contributed by atoms with E-state index in [4.69, 9.17) is 14.4 Å². The van der Waals surface area contributed by atoms with Crippen LogP contribution >= 0.6 is 0 Å². The summed E-state index contributed by atoms with van der Waals surface area (Å²) in [5.41, 5.74) is 9.11. The largest absolute Gasteiger partial charge is 0.450 e. The Morgan fingerprint density at radius 1 is 0.469 bits per heavy atom. The number of nitrogens with zero attached hydrogens (tertiary/aromatic N) is 4. The second-order valence-electron chi connectivity index (χ2n) is 12.9. The fraction of sp³-hybridized carbons (Fsp3) is 0. The van der Waals surface area contributed by atoms with Crippen molar-refractivity contribution in [3.8, 4) is 17.2 Å². The smallest absolute Gasteiger partial charge is 0.197 e. The van der Waals surface area contributed by atoms with Crippen molar-refractivity contribution in [2.24, 2.45) is 0 Å². The SMILES string of the molecule is c1ccc(-c2nc(-n3c4cc5c6ccccc6n6c7ccccc7c(c4c4ccc7ccccc7c43)c56)c3oc4ccccc4c3n2)cc1. The van der Waals surface area contributed by atoms with E-state index in [9.17, 15) is 0 Å². The maximum atomic E-state index is 6.72. The summed E-state index contributed by atoms with van der Waals surface area (Å²) in [4.78, 5) is 10.6. The highest BCUT2D eigenvalue weighted by Gasteiger charge is 2.27. The molecule has 0 saturated carbocycles. The number of furan rings is 1. The molecule has 0 unspecified atom stereocenters. The fourth-order valence-corrected chi connectivity index (χ4v) is 8.44. The van der Waals surface area contributed by atoms with Gasteiger partial charge in [-0.2, -0.15) is 0 Å². The minimum absolute atomic E-state index is 0.664. The van der Waals surface area contributed by atoms with Crippen LogP contribution in [-0.2, 0) is 0 Å². The third-order valence-corrected chi connectivity index (χ3v) is 10.4. The van der Waals surface area contributed by atoms with Crippen molar-refractivity contribution < 1.29 is 4.42 Å².